The fourth-order valence-corrected chi connectivity index (χ4v) is 2.59. The monoisotopic (exact) mass is 275 g/mol. The molecule has 0 saturated heterocycles. The average molecular weight is 275 g/mol. The Morgan fingerprint density at radius 1 is 1.42 bits per heavy atom. The first-order valence-electron chi connectivity index (χ1n) is 5.74. The molecule has 0 unspecified atom stereocenters. The zero-order valence-corrected chi connectivity index (χ0v) is 10.7. The van der Waals surface area contributed by atoms with Gasteiger partial charge >= 0.3 is 5.97 Å². The third-order valence-electron chi connectivity index (χ3n) is 2.70. The molecule has 0 amide bonds. The van der Waals surface area contributed by atoms with E-state index in [1.54, 1.807) is 10.7 Å². The summed E-state index contributed by atoms with van der Waals surface area (Å²) in [4.78, 5) is 15.5. The number of hydrogen-bond donors (Lipinski definition) is 1. The van der Waals surface area contributed by atoms with E-state index in [1.807, 2.05) is 35.3 Å². The highest BCUT2D eigenvalue weighted by molar-refractivity contribution is 7.19. The minimum absolute atomic E-state index is 0.120. The number of imidazole rings is 1. The lowest BCUT2D eigenvalue weighted by atomic mass is 10.3. The molecule has 0 aliphatic carbocycles. The molecule has 3 rings (SSSR count). The van der Waals surface area contributed by atoms with Crippen molar-refractivity contribution in [3.05, 3.63) is 36.9 Å². The highest BCUT2D eigenvalue weighted by Gasteiger charge is 2.09. The Hall–Kier alpha value is -2.28. The van der Waals surface area contributed by atoms with Crippen molar-refractivity contribution >= 4 is 22.3 Å². The van der Waals surface area contributed by atoms with Gasteiger partial charge in [-0.1, -0.05) is 11.3 Å². The smallest absolute Gasteiger partial charge is 0.309 e. The van der Waals surface area contributed by atoms with Gasteiger partial charge in [-0.15, -0.1) is 0 Å². The van der Waals surface area contributed by atoms with Crippen LogP contribution in [-0.4, -0.2) is 25.7 Å². The summed E-state index contributed by atoms with van der Waals surface area (Å²) in [6.07, 6.45) is 7.37. The molecule has 0 bridgehead atoms. The Kier molecular flexibility index (Phi) is 2.96. The van der Waals surface area contributed by atoms with Crippen molar-refractivity contribution in [1.29, 1.82) is 0 Å². The maximum absolute atomic E-state index is 10.5. The van der Waals surface area contributed by atoms with E-state index in [9.17, 15) is 4.79 Å². The summed E-state index contributed by atoms with van der Waals surface area (Å²) >= 11 is 1.52. The summed E-state index contributed by atoms with van der Waals surface area (Å²) in [5.74, 6) is -0.794. The van der Waals surface area contributed by atoms with E-state index in [1.165, 1.54) is 11.3 Å². The van der Waals surface area contributed by atoms with Gasteiger partial charge in [0.1, 0.15) is 11.4 Å². The van der Waals surface area contributed by atoms with Gasteiger partial charge in [-0.2, -0.15) is 5.10 Å². The number of aliphatic carboxylic acids is 1. The van der Waals surface area contributed by atoms with Crippen molar-refractivity contribution in [3.8, 4) is 10.6 Å². The largest absolute Gasteiger partial charge is 0.481 e. The molecule has 0 spiro atoms. The second kappa shape index (κ2) is 4.77. The normalized spacial score (nSPS) is 10.9. The second-order valence-electron chi connectivity index (χ2n) is 4.03. The van der Waals surface area contributed by atoms with Gasteiger partial charge < -0.3 is 5.11 Å². The molecule has 3 heterocycles. The standard InChI is InChI=1S/C12H10N4O2S/c17-10(18)3-7-15-5-1-9(2-6-15)11-14-16-8-4-13-12(16)19-11/h1-2,4-6,8H,3,7H2/p+1. The summed E-state index contributed by atoms with van der Waals surface area (Å²) < 4.78 is 3.59. The van der Waals surface area contributed by atoms with Crippen LogP contribution < -0.4 is 4.57 Å². The molecule has 3 aromatic rings. The van der Waals surface area contributed by atoms with Crippen molar-refractivity contribution in [1.82, 2.24) is 14.6 Å². The van der Waals surface area contributed by atoms with E-state index in [4.69, 9.17) is 5.11 Å². The third kappa shape index (κ3) is 2.45. The van der Waals surface area contributed by atoms with E-state index in [-0.39, 0.29) is 6.42 Å². The molecular weight excluding hydrogens is 264 g/mol. The van der Waals surface area contributed by atoms with Crippen LogP contribution in [0, 0.1) is 0 Å². The molecule has 3 aromatic heterocycles. The first-order valence-corrected chi connectivity index (χ1v) is 6.55. The van der Waals surface area contributed by atoms with Crippen LogP contribution >= 0.6 is 11.3 Å². The topological polar surface area (TPSA) is 71.4 Å². The van der Waals surface area contributed by atoms with Crippen molar-refractivity contribution in [2.45, 2.75) is 13.0 Å². The van der Waals surface area contributed by atoms with Gasteiger partial charge in [0.2, 0.25) is 4.96 Å². The zero-order valence-electron chi connectivity index (χ0n) is 9.93. The summed E-state index contributed by atoms with van der Waals surface area (Å²) in [6, 6.07) is 3.86. The highest BCUT2D eigenvalue weighted by Crippen LogP contribution is 2.23. The summed E-state index contributed by atoms with van der Waals surface area (Å²) in [6.45, 7) is 0.469. The first-order chi connectivity index (χ1) is 9.22. The molecule has 96 valence electrons. The number of fused-ring (bicyclic) bond motifs is 1. The number of carbonyl (C=O) groups is 1. The van der Waals surface area contributed by atoms with Gasteiger partial charge in [0.25, 0.3) is 0 Å². The lowest BCUT2D eigenvalue weighted by Gasteiger charge is -1.96. The highest BCUT2D eigenvalue weighted by atomic mass is 32.1. The van der Waals surface area contributed by atoms with Crippen LogP contribution in [0.15, 0.2) is 36.9 Å². The van der Waals surface area contributed by atoms with Crippen molar-refractivity contribution in [2.75, 3.05) is 0 Å². The van der Waals surface area contributed by atoms with E-state index >= 15 is 0 Å². The van der Waals surface area contributed by atoms with Gasteiger partial charge in [-0.05, 0) is 0 Å². The predicted octanol–water partition coefficient (Wildman–Crippen LogP) is 1.22. The van der Waals surface area contributed by atoms with Crippen LogP contribution in [0.25, 0.3) is 15.5 Å². The van der Waals surface area contributed by atoms with Gasteiger partial charge in [-0.3, -0.25) is 4.79 Å². The van der Waals surface area contributed by atoms with E-state index in [0.717, 1.165) is 15.5 Å². The van der Waals surface area contributed by atoms with Gasteiger partial charge in [0, 0.05) is 23.9 Å². The number of nitrogens with zero attached hydrogens (tertiary/aromatic N) is 4. The Morgan fingerprint density at radius 3 is 2.89 bits per heavy atom. The van der Waals surface area contributed by atoms with Crippen LogP contribution in [0.1, 0.15) is 6.42 Å². The maximum atomic E-state index is 10.5. The number of aryl methyl sites for hydroxylation is 1. The average Bonchev–Trinajstić information content (AvgIpc) is 2.97. The summed E-state index contributed by atoms with van der Waals surface area (Å²) in [5.41, 5.74) is 1.00. The van der Waals surface area contributed by atoms with Gasteiger partial charge in [0.15, 0.2) is 18.9 Å². The fraction of sp³-hybridized carbons (Fsp3) is 0.167. The Balaban J connectivity index is 1.82. The molecule has 6 nitrogen and oxygen atoms in total. The van der Waals surface area contributed by atoms with E-state index in [0.29, 0.717) is 6.54 Å². The molecule has 0 atom stereocenters. The van der Waals surface area contributed by atoms with E-state index in [2.05, 4.69) is 10.1 Å². The molecule has 0 radical (unpaired) electrons. The zero-order chi connectivity index (χ0) is 13.2. The Morgan fingerprint density at radius 2 is 2.21 bits per heavy atom. The van der Waals surface area contributed by atoms with Crippen LogP contribution in [0.3, 0.4) is 0 Å². The van der Waals surface area contributed by atoms with Crippen LogP contribution in [0.2, 0.25) is 0 Å². The minimum atomic E-state index is -0.794. The molecule has 0 aromatic carbocycles. The van der Waals surface area contributed by atoms with Crippen molar-refractivity contribution < 1.29 is 14.5 Å². The number of hydrogen-bond acceptors (Lipinski definition) is 4. The Bertz CT molecular complexity index is 688. The number of aromatic nitrogens is 4. The molecule has 0 saturated carbocycles. The van der Waals surface area contributed by atoms with Gasteiger partial charge in [-0.25, -0.2) is 14.1 Å². The van der Waals surface area contributed by atoms with Gasteiger partial charge in [0.05, 0.1) is 6.20 Å². The molecule has 0 aliphatic heterocycles. The molecule has 0 aliphatic rings. The molecular formula is C12H11N4O2S+. The number of pyridine rings is 1. The lowest BCUT2D eigenvalue weighted by molar-refractivity contribution is -0.695. The molecule has 7 heteroatoms. The number of carboxylic acids is 1. The third-order valence-corrected chi connectivity index (χ3v) is 3.68. The SMILES string of the molecule is O=C(O)CC[n+]1ccc(-c2nn3ccnc3s2)cc1. The lowest BCUT2D eigenvalue weighted by Crippen LogP contribution is -2.33. The summed E-state index contributed by atoms with van der Waals surface area (Å²) in [7, 11) is 0. The van der Waals surface area contributed by atoms with Crippen LogP contribution in [0.4, 0.5) is 0 Å². The minimum Gasteiger partial charge on any atom is -0.481 e. The summed E-state index contributed by atoms with van der Waals surface area (Å²) in [5, 5.41) is 13.9. The van der Waals surface area contributed by atoms with Crippen molar-refractivity contribution in [3.63, 3.8) is 0 Å². The van der Waals surface area contributed by atoms with Crippen LogP contribution in [0.5, 0.6) is 0 Å². The number of carboxylic acid groups (broad SMARTS) is 1. The Labute approximate surface area is 112 Å². The molecule has 19 heavy (non-hydrogen) atoms. The molecule has 1 N–H and O–H groups in total. The number of rotatable bonds is 4. The molecule has 0 fully saturated rings. The van der Waals surface area contributed by atoms with Crippen LogP contribution in [-0.2, 0) is 11.3 Å². The predicted molar refractivity (Wildman–Crippen MR) is 68.7 cm³/mol. The quantitative estimate of drug-likeness (QED) is 0.727. The first kappa shape index (κ1) is 11.8. The van der Waals surface area contributed by atoms with E-state index < -0.39 is 5.97 Å². The second-order valence-corrected chi connectivity index (χ2v) is 4.99. The maximum Gasteiger partial charge on any atom is 0.309 e. The van der Waals surface area contributed by atoms with Crippen molar-refractivity contribution in [2.24, 2.45) is 0 Å². The fourth-order valence-electron chi connectivity index (χ4n) is 1.73.